The summed E-state index contributed by atoms with van der Waals surface area (Å²) in [7, 11) is 0. The second-order valence-corrected chi connectivity index (χ2v) is 1.88. The molecule has 0 aliphatic carbocycles. The quantitative estimate of drug-likeness (QED) is 0.690. The summed E-state index contributed by atoms with van der Waals surface area (Å²) in [4.78, 5) is 21.0. The lowest BCUT2D eigenvalue weighted by atomic mass is 10.3. The van der Waals surface area contributed by atoms with Crippen molar-refractivity contribution in [1.82, 2.24) is 4.73 Å². The van der Waals surface area contributed by atoms with Crippen molar-refractivity contribution in [2.24, 2.45) is 0 Å². The molecular formula is C6H7Cl2NO4. The maximum absolute atomic E-state index is 10.7. The zero-order valence-corrected chi connectivity index (χ0v) is 7.84. The van der Waals surface area contributed by atoms with E-state index in [4.69, 9.17) is 10.3 Å². The molecule has 0 aliphatic heterocycles. The van der Waals surface area contributed by atoms with E-state index in [1.807, 2.05) is 0 Å². The van der Waals surface area contributed by atoms with Crippen molar-refractivity contribution in [3.63, 3.8) is 0 Å². The molecule has 0 aromatic carbocycles. The molecular weight excluding hydrogens is 221 g/mol. The van der Waals surface area contributed by atoms with E-state index in [2.05, 4.69) is 0 Å². The minimum atomic E-state index is -1.35. The van der Waals surface area contributed by atoms with Crippen LogP contribution in [0.25, 0.3) is 0 Å². The van der Waals surface area contributed by atoms with Crippen LogP contribution in [0.3, 0.4) is 0 Å². The van der Waals surface area contributed by atoms with E-state index in [9.17, 15) is 9.59 Å². The van der Waals surface area contributed by atoms with Crippen LogP contribution in [-0.4, -0.2) is 21.0 Å². The minimum Gasteiger partial charge on any atom is -0.477 e. The molecule has 5 nitrogen and oxygen atoms in total. The number of halogens is 2. The van der Waals surface area contributed by atoms with Crippen LogP contribution in [-0.2, 0) is 0 Å². The van der Waals surface area contributed by atoms with Crippen molar-refractivity contribution in [3.8, 4) is 0 Å². The predicted molar refractivity (Wildman–Crippen MR) is 49.3 cm³/mol. The lowest BCUT2D eigenvalue weighted by Gasteiger charge is -1.95. The van der Waals surface area contributed by atoms with Gasteiger partial charge in [-0.15, -0.1) is 24.8 Å². The predicted octanol–water partition coefficient (Wildman–Crippen LogP) is 0.627. The van der Waals surface area contributed by atoms with E-state index >= 15 is 0 Å². The lowest BCUT2D eigenvalue weighted by molar-refractivity contribution is 0.0688. The Hall–Kier alpha value is -1.20. The first kappa shape index (κ1) is 14.3. The van der Waals surface area contributed by atoms with Crippen LogP contribution in [0.1, 0.15) is 10.4 Å². The van der Waals surface area contributed by atoms with Gasteiger partial charge in [0.2, 0.25) is 0 Å². The van der Waals surface area contributed by atoms with Crippen LogP contribution in [0.2, 0.25) is 0 Å². The molecule has 0 unspecified atom stereocenters. The highest BCUT2D eigenvalue weighted by atomic mass is 35.5. The molecule has 2 N–H and O–H groups in total. The van der Waals surface area contributed by atoms with E-state index in [1.165, 1.54) is 6.07 Å². The first-order valence-electron chi connectivity index (χ1n) is 2.77. The summed E-state index contributed by atoms with van der Waals surface area (Å²) in [5.41, 5.74) is -1.38. The zero-order chi connectivity index (χ0) is 8.43. The molecule has 1 aromatic heterocycles. The van der Waals surface area contributed by atoms with Gasteiger partial charge in [0.1, 0.15) is 5.56 Å². The summed E-state index contributed by atoms with van der Waals surface area (Å²) in [5, 5.41) is 17.1. The zero-order valence-electron chi connectivity index (χ0n) is 6.21. The van der Waals surface area contributed by atoms with E-state index in [-0.39, 0.29) is 29.5 Å². The molecule has 0 atom stereocenters. The lowest BCUT2D eigenvalue weighted by Crippen LogP contribution is -2.23. The van der Waals surface area contributed by atoms with Gasteiger partial charge in [-0.25, -0.2) is 4.79 Å². The van der Waals surface area contributed by atoms with Crippen molar-refractivity contribution < 1.29 is 15.1 Å². The number of hydrogen-bond acceptors (Lipinski definition) is 3. The third kappa shape index (κ3) is 2.96. The normalized spacial score (nSPS) is 8.00. The third-order valence-corrected chi connectivity index (χ3v) is 1.16. The Bertz CT molecular complexity index is 349. The first-order chi connectivity index (χ1) is 5.13. The second kappa shape index (κ2) is 5.45. The van der Waals surface area contributed by atoms with Gasteiger partial charge < -0.3 is 10.3 Å². The SMILES string of the molecule is Cl.Cl.O=C(O)c1cccn(O)c1=O. The minimum absolute atomic E-state index is 0. The van der Waals surface area contributed by atoms with E-state index < -0.39 is 17.1 Å². The van der Waals surface area contributed by atoms with E-state index in [0.717, 1.165) is 12.3 Å². The Morgan fingerprint density at radius 1 is 1.38 bits per heavy atom. The molecule has 0 saturated carbocycles. The summed E-state index contributed by atoms with van der Waals surface area (Å²) in [6.45, 7) is 0. The monoisotopic (exact) mass is 227 g/mol. The fourth-order valence-electron chi connectivity index (χ4n) is 0.646. The molecule has 0 aliphatic rings. The highest BCUT2D eigenvalue weighted by Crippen LogP contribution is 1.88. The Labute approximate surface area is 85.4 Å². The largest absolute Gasteiger partial charge is 0.477 e. The summed E-state index contributed by atoms with van der Waals surface area (Å²) in [5.74, 6) is -1.35. The number of aromatic nitrogens is 1. The molecule has 0 fully saturated rings. The Morgan fingerprint density at radius 3 is 2.31 bits per heavy atom. The average molecular weight is 228 g/mol. The summed E-state index contributed by atoms with van der Waals surface area (Å²) in [6, 6.07) is 2.39. The van der Waals surface area contributed by atoms with Gasteiger partial charge in [0.05, 0.1) is 0 Å². The number of carboxylic acids is 1. The van der Waals surface area contributed by atoms with Crippen molar-refractivity contribution in [1.29, 1.82) is 0 Å². The van der Waals surface area contributed by atoms with Crippen LogP contribution in [0.4, 0.5) is 0 Å². The number of nitrogens with zero attached hydrogens (tertiary/aromatic N) is 1. The van der Waals surface area contributed by atoms with E-state index in [0.29, 0.717) is 0 Å². The van der Waals surface area contributed by atoms with Crippen LogP contribution in [0, 0.1) is 0 Å². The second-order valence-electron chi connectivity index (χ2n) is 1.88. The topological polar surface area (TPSA) is 79.5 Å². The highest BCUT2D eigenvalue weighted by Gasteiger charge is 2.08. The van der Waals surface area contributed by atoms with Crippen molar-refractivity contribution >= 4 is 30.8 Å². The van der Waals surface area contributed by atoms with Gasteiger partial charge in [-0.2, -0.15) is 4.73 Å². The molecule has 0 saturated heterocycles. The van der Waals surface area contributed by atoms with Gasteiger partial charge >= 0.3 is 5.97 Å². The number of aromatic carboxylic acids is 1. The molecule has 7 heteroatoms. The van der Waals surface area contributed by atoms with Crippen molar-refractivity contribution in [3.05, 3.63) is 34.2 Å². The fourth-order valence-corrected chi connectivity index (χ4v) is 0.646. The van der Waals surface area contributed by atoms with Crippen molar-refractivity contribution in [2.45, 2.75) is 0 Å². The molecule has 0 spiro atoms. The molecule has 0 radical (unpaired) electrons. The third-order valence-electron chi connectivity index (χ3n) is 1.16. The van der Waals surface area contributed by atoms with Crippen LogP contribution < -0.4 is 5.56 Å². The van der Waals surface area contributed by atoms with Crippen LogP contribution in [0.5, 0.6) is 0 Å². The smallest absolute Gasteiger partial charge is 0.341 e. The number of rotatable bonds is 1. The number of carbonyl (C=O) groups is 1. The summed E-state index contributed by atoms with van der Waals surface area (Å²) in [6.07, 6.45) is 1.06. The van der Waals surface area contributed by atoms with E-state index in [1.54, 1.807) is 0 Å². The number of hydrogen-bond donors (Lipinski definition) is 2. The average Bonchev–Trinajstić information content (AvgIpc) is 1.94. The Kier molecular flexibility index (Phi) is 6.00. The molecule has 0 bridgehead atoms. The first-order valence-corrected chi connectivity index (χ1v) is 2.77. The Morgan fingerprint density at radius 2 is 1.92 bits per heavy atom. The van der Waals surface area contributed by atoms with Crippen LogP contribution in [0.15, 0.2) is 23.1 Å². The molecule has 1 aromatic rings. The Balaban J connectivity index is 0. The molecule has 1 rings (SSSR count). The molecule has 74 valence electrons. The molecule has 1 heterocycles. The maximum Gasteiger partial charge on any atom is 0.341 e. The van der Waals surface area contributed by atoms with Gasteiger partial charge in [0, 0.05) is 6.20 Å². The standard InChI is InChI=1S/C6H5NO4.2ClH/c8-5-4(6(9)10)2-1-3-7(5)11;;/h1-3,11H,(H,9,10);2*1H. The maximum atomic E-state index is 10.7. The highest BCUT2D eigenvalue weighted by molar-refractivity contribution is 5.86. The van der Waals surface area contributed by atoms with Crippen molar-refractivity contribution in [2.75, 3.05) is 0 Å². The number of carboxylic acid groups (broad SMARTS) is 1. The van der Waals surface area contributed by atoms with Gasteiger partial charge in [-0.1, -0.05) is 0 Å². The fraction of sp³-hybridized carbons (Fsp3) is 0. The van der Waals surface area contributed by atoms with Gasteiger partial charge in [0.25, 0.3) is 5.56 Å². The molecule has 13 heavy (non-hydrogen) atoms. The molecule has 0 amide bonds. The van der Waals surface area contributed by atoms with Gasteiger partial charge in [-0.05, 0) is 12.1 Å². The van der Waals surface area contributed by atoms with Crippen LogP contribution >= 0.6 is 24.8 Å². The summed E-state index contributed by atoms with van der Waals surface area (Å²) < 4.78 is 0.226. The summed E-state index contributed by atoms with van der Waals surface area (Å²) >= 11 is 0. The van der Waals surface area contributed by atoms with Gasteiger partial charge in [-0.3, -0.25) is 4.79 Å². The number of pyridine rings is 1. The van der Waals surface area contributed by atoms with Gasteiger partial charge in [0.15, 0.2) is 0 Å².